The molecule has 0 amide bonds. The Kier molecular flexibility index (Phi) is 5.34. The first-order valence-corrected chi connectivity index (χ1v) is 7.66. The average Bonchev–Trinajstić information content (AvgIpc) is 2.31. The molecule has 0 saturated carbocycles. The summed E-state index contributed by atoms with van der Waals surface area (Å²) in [7, 11) is 2.09. The second kappa shape index (κ2) is 6.36. The van der Waals surface area contributed by atoms with Crippen molar-refractivity contribution in [2.24, 2.45) is 0 Å². The minimum atomic E-state index is -3.44. The molecule has 0 radical (unpaired) electrons. The smallest absolute Gasteiger partial charge is 0.242 e. The average molecular weight is 285 g/mol. The summed E-state index contributed by atoms with van der Waals surface area (Å²) >= 11 is 0. The molecule has 0 heterocycles. The predicted octanol–water partition coefficient (Wildman–Crippen LogP) is 1.15. The maximum absolute atomic E-state index is 12.3. The highest BCUT2D eigenvalue weighted by atomic mass is 32.2. The Hall–Kier alpha value is -1.11. The quantitative estimate of drug-likeness (QED) is 0.796. The third-order valence-electron chi connectivity index (χ3n) is 3.04. The number of rotatable bonds is 6. The first-order valence-electron chi connectivity index (χ1n) is 6.22. The van der Waals surface area contributed by atoms with Crippen molar-refractivity contribution in [1.82, 2.24) is 9.21 Å². The van der Waals surface area contributed by atoms with E-state index in [1.807, 2.05) is 25.9 Å². The molecule has 0 aliphatic heterocycles. The molecule has 1 aromatic carbocycles. The minimum absolute atomic E-state index is 0.253. The van der Waals surface area contributed by atoms with Crippen molar-refractivity contribution >= 4 is 15.7 Å². The van der Waals surface area contributed by atoms with Crippen LogP contribution in [-0.2, 0) is 10.0 Å². The zero-order valence-electron chi connectivity index (χ0n) is 12.0. The van der Waals surface area contributed by atoms with Crippen LogP contribution in [0.2, 0.25) is 0 Å². The summed E-state index contributed by atoms with van der Waals surface area (Å²) in [6.07, 6.45) is 0.796. The van der Waals surface area contributed by atoms with Gasteiger partial charge in [-0.15, -0.1) is 0 Å². The van der Waals surface area contributed by atoms with Crippen LogP contribution >= 0.6 is 0 Å². The van der Waals surface area contributed by atoms with Gasteiger partial charge in [-0.05, 0) is 51.7 Å². The Balaban J connectivity index is 2.81. The predicted molar refractivity (Wildman–Crippen MR) is 78.6 cm³/mol. The lowest BCUT2D eigenvalue weighted by molar-refractivity contribution is 0.370. The van der Waals surface area contributed by atoms with Crippen molar-refractivity contribution in [2.45, 2.75) is 18.2 Å². The monoisotopic (exact) mass is 285 g/mol. The SMILES string of the molecule is Cc1ccc(S(=O)(=O)N(C)CCCN(C)C)cc1N. The number of hydrogen-bond acceptors (Lipinski definition) is 4. The van der Waals surface area contributed by atoms with Crippen LogP contribution in [0.25, 0.3) is 0 Å². The van der Waals surface area contributed by atoms with E-state index in [0.29, 0.717) is 12.2 Å². The fourth-order valence-electron chi connectivity index (χ4n) is 1.69. The summed E-state index contributed by atoms with van der Waals surface area (Å²) < 4.78 is 26.0. The molecule has 19 heavy (non-hydrogen) atoms. The molecule has 0 unspecified atom stereocenters. The highest BCUT2D eigenvalue weighted by molar-refractivity contribution is 7.89. The van der Waals surface area contributed by atoms with Gasteiger partial charge in [0.15, 0.2) is 0 Å². The molecule has 0 aliphatic carbocycles. The highest BCUT2D eigenvalue weighted by Gasteiger charge is 2.20. The van der Waals surface area contributed by atoms with Crippen molar-refractivity contribution < 1.29 is 8.42 Å². The molecule has 5 nitrogen and oxygen atoms in total. The van der Waals surface area contributed by atoms with Gasteiger partial charge in [-0.3, -0.25) is 0 Å². The van der Waals surface area contributed by atoms with Gasteiger partial charge < -0.3 is 10.6 Å². The number of anilines is 1. The number of nitrogens with two attached hydrogens (primary N) is 1. The van der Waals surface area contributed by atoms with Gasteiger partial charge in [0.1, 0.15) is 0 Å². The molecule has 0 spiro atoms. The largest absolute Gasteiger partial charge is 0.398 e. The Bertz CT molecular complexity index is 527. The Morgan fingerprint density at radius 2 is 1.79 bits per heavy atom. The molecule has 0 atom stereocenters. The third-order valence-corrected chi connectivity index (χ3v) is 4.89. The summed E-state index contributed by atoms with van der Waals surface area (Å²) in [5.74, 6) is 0. The topological polar surface area (TPSA) is 66.6 Å². The number of aryl methyl sites for hydroxylation is 1. The van der Waals surface area contributed by atoms with Crippen molar-refractivity contribution in [1.29, 1.82) is 0 Å². The number of nitrogen functional groups attached to an aromatic ring is 1. The van der Waals surface area contributed by atoms with Gasteiger partial charge in [-0.25, -0.2) is 12.7 Å². The molecular weight excluding hydrogens is 262 g/mol. The van der Waals surface area contributed by atoms with Gasteiger partial charge >= 0.3 is 0 Å². The van der Waals surface area contributed by atoms with Crippen LogP contribution in [0, 0.1) is 6.92 Å². The molecule has 0 aliphatic rings. The van der Waals surface area contributed by atoms with E-state index in [9.17, 15) is 8.42 Å². The van der Waals surface area contributed by atoms with Crippen LogP contribution < -0.4 is 5.73 Å². The van der Waals surface area contributed by atoms with Gasteiger partial charge in [0.25, 0.3) is 0 Å². The van der Waals surface area contributed by atoms with E-state index in [2.05, 4.69) is 0 Å². The van der Waals surface area contributed by atoms with Crippen molar-refractivity contribution in [3.63, 3.8) is 0 Å². The van der Waals surface area contributed by atoms with Crippen LogP contribution in [0.5, 0.6) is 0 Å². The maximum atomic E-state index is 12.3. The maximum Gasteiger partial charge on any atom is 0.242 e. The van der Waals surface area contributed by atoms with E-state index in [-0.39, 0.29) is 4.90 Å². The van der Waals surface area contributed by atoms with E-state index >= 15 is 0 Å². The van der Waals surface area contributed by atoms with Gasteiger partial charge in [0.05, 0.1) is 4.90 Å². The standard InChI is InChI=1S/C13H23N3O2S/c1-11-6-7-12(10-13(11)14)19(17,18)16(4)9-5-8-15(2)3/h6-7,10H,5,8-9,14H2,1-4H3. The molecule has 1 aromatic rings. The van der Waals surface area contributed by atoms with Crippen LogP contribution in [0.4, 0.5) is 5.69 Å². The molecule has 2 N–H and O–H groups in total. The third kappa shape index (κ3) is 4.19. The molecule has 6 heteroatoms. The van der Waals surface area contributed by atoms with Crippen molar-refractivity contribution in [3.05, 3.63) is 23.8 Å². The summed E-state index contributed by atoms with van der Waals surface area (Å²) in [6, 6.07) is 4.85. The fraction of sp³-hybridized carbons (Fsp3) is 0.538. The van der Waals surface area contributed by atoms with Crippen LogP contribution in [0.3, 0.4) is 0 Å². The number of hydrogen-bond donors (Lipinski definition) is 1. The van der Waals surface area contributed by atoms with E-state index in [1.54, 1.807) is 19.2 Å². The lowest BCUT2D eigenvalue weighted by atomic mass is 10.2. The van der Waals surface area contributed by atoms with Gasteiger partial charge in [-0.2, -0.15) is 0 Å². The zero-order chi connectivity index (χ0) is 14.6. The van der Waals surface area contributed by atoms with Crippen molar-refractivity contribution in [2.75, 3.05) is 40.0 Å². The van der Waals surface area contributed by atoms with Crippen LogP contribution in [0.1, 0.15) is 12.0 Å². The Labute approximate surface area is 116 Å². The van der Waals surface area contributed by atoms with E-state index in [0.717, 1.165) is 18.5 Å². The number of benzene rings is 1. The summed E-state index contributed by atoms with van der Waals surface area (Å²) in [5.41, 5.74) is 7.15. The Morgan fingerprint density at radius 3 is 2.32 bits per heavy atom. The van der Waals surface area contributed by atoms with E-state index in [1.165, 1.54) is 10.4 Å². The lowest BCUT2D eigenvalue weighted by Gasteiger charge is -2.19. The molecule has 1 rings (SSSR count). The molecule has 0 fully saturated rings. The first kappa shape index (κ1) is 15.9. The summed E-state index contributed by atoms with van der Waals surface area (Å²) in [5, 5.41) is 0. The molecule has 108 valence electrons. The van der Waals surface area contributed by atoms with Gasteiger partial charge in [0.2, 0.25) is 10.0 Å². The summed E-state index contributed by atoms with van der Waals surface area (Å²) in [4.78, 5) is 2.28. The molecule has 0 saturated heterocycles. The summed E-state index contributed by atoms with van der Waals surface area (Å²) in [6.45, 7) is 3.21. The molecule has 0 bridgehead atoms. The number of nitrogens with zero attached hydrogens (tertiary/aromatic N) is 2. The molecular formula is C13H23N3O2S. The Morgan fingerprint density at radius 1 is 1.16 bits per heavy atom. The van der Waals surface area contributed by atoms with Gasteiger partial charge in [0, 0.05) is 19.3 Å². The zero-order valence-corrected chi connectivity index (χ0v) is 12.9. The first-order chi connectivity index (χ1) is 8.75. The second-order valence-corrected chi connectivity index (χ2v) is 7.05. The van der Waals surface area contributed by atoms with Gasteiger partial charge in [-0.1, -0.05) is 6.07 Å². The van der Waals surface area contributed by atoms with E-state index < -0.39 is 10.0 Å². The lowest BCUT2D eigenvalue weighted by Crippen LogP contribution is -2.30. The van der Waals surface area contributed by atoms with Crippen LogP contribution in [-0.4, -0.2) is 51.9 Å². The fourth-order valence-corrected chi connectivity index (χ4v) is 2.93. The second-order valence-electron chi connectivity index (χ2n) is 5.00. The number of sulfonamides is 1. The minimum Gasteiger partial charge on any atom is -0.398 e. The molecule has 0 aromatic heterocycles. The normalized spacial score (nSPS) is 12.3. The van der Waals surface area contributed by atoms with Crippen LogP contribution in [0.15, 0.2) is 23.1 Å². The van der Waals surface area contributed by atoms with E-state index in [4.69, 9.17) is 5.73 Å². The highest BCUT2D eigenvalue weighted by Crippen LogP contribution is 2.20. The van der Waals surface area contributed by atoms with Crippen molar-refractivity contribution in [3.8, 4) is 0 Å².